The van der Waals surface area contributed by atoms with E-state index < -0.39 is 0 Å². The quantitative estimate of drug-likeness (QED) is 0.607. The molecule has 4 rings (SSSR count). The van der Waals surface area contributed by atoms with Gasteiger partial charge in [-0.05, 0) is 32.0 Å². The molecule has 156 valence electrons. The largest absolute Gasteiger partial charge is 0.493 e. The maximum atomic E-state index is 12.9. The van der Waals surface area contributed by atoms with Gasteiger partial charge in [-0.1, -0.05) is 13.8 Å². The maximum absolute atomic E-state index is 12.9. The lowest BCUT2D eigenvalue weighted by molar-refractivity contribution is -0.131. The number of hydrogen-bond donors (Lipinski definition) is 0. The van der Waals surface area contributed by atoms with Crippen LogP contribution in [0.1, 0.15) is 38.4 Å². The molecule has 2 unspecified atom stereocenters. The van der Waals surface area contributed by atoms with Gasteiger partial charge in [-0.3, -0.25) is 14.7 Å². The first-order chi connectivity index (χ1) is 14.2. The number of nitrogens with zero attached hydrogens (tertiary/aromatic N) is 4. The number of fused-ring (bicyclic) bond motifs is 4. The van der Waals surface area contributed by atoms with Gasteiger partial charge in [-0.25, -0.2) is 4.99 Å². The number of hydrogen-bond acceptors (Lipinski definition) is 7. The van der Waals surface area contributed by atoms with E-state index in [4.69, 9.17) is 14.5 Å². The van der Waals surface area contributed by atoms with Crippen LogP contribution in [0.5, 0.6) is 11.5 Å². The highest BCUT2D eigenvalue weighted by Gasteiger charge is 2.42. The topological polar surface area (TPSA) is 66.7 Å². The molecule has 1 saturated heterocycles. The number of aliphatic imine (C=N–C) groups is 2. The molecule has 0 bridgehead atoms. The van der Waals surface area contributed by atoms with Crippen molar-refractivity contribution in [1.82, 2.24) is 9.80 Å². The Labute approximate surface area is 176 Å². The predicted molar refractivity (Wildman–Crippen MR) is 117 cm³/mol. The lowest BCUT2D eigenvalue weighted by Crippen LogP contribution is -2.43. The molecule has 0 N–H and O–H groups in total. The third kappa shape index (κ3) is 3.88. The van der Waals surface area contributed by atoms with E-state index >= 15 is 0 Å². The molecule has 1 aromatic rings. The summed E-state index contributed by atoms with van der Waals surface area (Å²) < 4.78 is 11.6. The average Bonchev–Trinajstić information content (AvgIpc) is 3.22. The van der Waals surface area contributed by atoms with Crippen LogP contribution in [0.3, 0.4) is 0 Å². The summed E-state index contributed by atoms with van der Waals surface area (Å²) in [7, 11) is 1.63. The van der Waals surface area contributed by atoms with Crippen LogP contribution in [-0.4, -0.2) is 66.2 Å². The molecule has 7 nitrogen and oxygen atoms in total. The Bertz CT molecular complexity index is 837. The number of rotatable bonds is 8. The maximum Gasteiger partial charge on any atom is 0.239 e. The lowest BCUT2D eigenvalue weighted by atomic mass is 10.00. The van der Waals surface area contributed by atoms with E-state index in [-0.39, 0.29) is 18.0 Å². The summed E-state index contributed by atoms with van der Waals surface area (Å²) in [6.07, 6.45) is 3.04. The van der Waals surface area contributed by atoms with E-state index in [9.17, 15) is 4.79 Å². The zero-order chi connectivity index (χ0) is 20.4. The van der Waals surface area contributed by atoms with E-state index in [1.54, 1.807) is 30.1 Å². The second-order valence-electron chi connectivity index (χ2n) is 7.31. The van der Waals surface area contributed by atoms with E-state index in [1.165, 1.54) is 0 Å². The highest BCUT2D eigenvalue weighted by atomic mass is 32.2. The summed E-state index contributed by atoms with van der Waals surface area (Å²) in [6, 6.07) is 3.82. The Kier molecular flexibility index (Phi) is 6.10. The first-order valence-electron chi connectivity index (χ1n) is 10.3. The summed E-state index contributed by atoms with van der Waals surface area (Å²) in [5, 5.41) is 0.954. The van der Waals surface area contributed by atoms with Crippen LogP contribution in [-0.2, 0) is 4.79 Å². The van der Waals surface area contributed by atoms with Gasteiger partial charge in [0, 0.05) is 23.9 Å². The van der Waals surface area contributed by atoms with Gasteiger partial charge in [0.2, 0.25) is 5.91 Å². The van der Waals surface area contributed by atoms with Gasteiger partial charge in [0.1, 0.15) is 0 Å². The Balaban J connectivity index is 1.56. The van der Waals surface area contributed by atoms with Crippen molar-refractivity contribution < 1.29 is 14.3 Å². The van der Waals surface area contributed by atoms with E-state index in [0.717, 1.165) is 54.5 Å². The Morgan fingerprint density at radius 3 is 2.86 bits per heavy atom. The van der Waals surface area contributed by atoms with Crippen molar-refractivity contribution in [3.8, 4) is 11.5 Å². The molecule has 0 aliphatic carbocycles. The van der Waals surface area contributed by atoms with Crippen LogP contribution in [0.25, 0.3) is 0 Å². The van der Waals surface area contributed by atoms with Gasteiger partial charge in [0.05, 0.1) is 36.7 Å². The monoisotopic (exact) mass is 416 g/mol. The van der Waals surface area contributed by atoms with Crippen molar-refractivity contribution in [2.24, 2.45) is 15.9 Å². The molecule has 2 atom stereocenters. The number of benzene rings is 1. The van der Waals surface area contributed by atoms with Crippen LogP contribution in [0.2, 0.25) is 0 Å². The fraction of sp³-hybridized carbons (Fsp3) is 0.571. The van der Waals surface area contributed by atoms with Gasteiger partial charge in [-0.15, -0.1) is 11.8 Å². The fourth-order valence-electron chi connectivity index (χ4n) is 3.97. The molecule has 1 aromatic carbocycles. The Morgan fingerprint density at radius 1 is 1.28 bits per heavy atom. The lowest BCUT2D eigenvalue weighted by Gasteiger charge is -2.35. The fourth-order valence-corrected chi connectivity index (χ4v) is 5.13. The molecule has 8 heteroatoms. The van der Waals surface area contributed by atoms with Gasteiger partial charge < -0.3 is 14.4 Å². The third-order valence-electron chi connectivity index (χ3n) is 5.70. The van der Waals surface area contributed by atoms with E-state index in [1.807, 2.05) is 12.1 Å². The molecule has 3 aliphatic heterocycles. The first-order valence-corrected chi connectivity index (χ1v) is 11.3. The second-order valence-corrected chi connectivity index (χ2v) is 8.43. The van der Waals surface area contributed by atoms with Gasteiger partial charge in [0.25, 0.3) is 0 Å². The van der Waals surface area contributed by atoms with E-state index in [2.05, 4.69) is 23.7 Å². The summed E-state index contributed by atoms with van der Waals surface area (Å²) in [6.45, 7) is 8.03. The number of carbonyl (C=O) groups is 1. The molecule has 0 saturated carbocycles. The number of methoxy groups -OCH3 is 1. The minimum atomic E-state index is -0.365. The summed E-state index contributed by atoms with van der Waals surface area (Å²) >= 11 is 1.69. The normalized spacial score (nSPS) is 22.3. The highest BCUT2D eigenvalue weighted by molar-refractivity contribution is 8.14. The molecule has 1 amide bonds. The molecule has 0 aromatic heterocycles. The van der Waals surface area contributed by atoms with Crippen LogP contribution in [0, 0.1) is 5.92 Å². The molecule has 29 heavy (non-hydrogen) atoms. The summed E-state index contributed by atoms with van der Waals surface area (Å²) in [5.74, 6) is 2.27. The summed E-state index contributed by atoms with van der Waals surface area (Å²) in [4.78, 5) is 26.3. The van der Waals surface area contributed by atoms with Crippen molar-refractivity contribution in [1.29, 1.82) is 0 Å². The number of thioether (sulfide) groups is 1. The zero-order valence-corrected chi connectivity index (χ0v) is 18.1. The molecule has 3 aliphatic rings. The molecule has 0 spiro atoms. The van der Waals surface area contributed by atoms with Gasteiger partial charge in [0.15, 0.2) is 17.7 Å². The Hall–Kier alpha value is -2.06. The number of carbonyl (C=O) groups excluding carboxylic acids is 1. The smallest absolute Gasteiger partial charge is 0.239 e. The molecule has 1 fully saturated rings. The molecule has 0 radical (unpaired) electrons. The van der Waals surface area contributed by atoms with E-state index in [0.29, 0.717) is 18.1 Å². The number of ether oxygens (including phenoxy) is 2. The SMILES string of the molecule is CCN(CC)CCCOc1cc2c(cc1OC)N=CN1C(=O)C3CCSC3=NC21. The van der Waals surface area contributed by atoms with Crippen molar-refractivity contribution in [2.75, 3.05) is 39.1 Å². The van der Waals surface area contributed by atoms with Crippen LogP contribution in [0.4, 0.5) is 5.69 Å². The first kappa shape index (κ1) is 20.2. The van der Waals surface area contributed by atoms with Crippen LogP contribution in [0.15, 0.2) is 22.1 Å². The molecule has 3 heterocycles. The van der Waals surface area contributed by atoms with Gasteiger partial charge >= 0.3 is 0 Å². The minimum Gasteiger partial charge on any atom is -0.493 e. The standard InChI is InChI=1S/C21H28N4O3S/c1-4-24(5-2)8-6-9-28-18-11-15-16(12-17(18)27-3)22-13-25-19(15)23-20-14(21(25)26)7-10-29-20/h11-14,19H,4-10H2,1-3H3. The van der Waals surface area contributed by atoms with Crippen LogP contribution < -0.4 is 9.47 Å². The summed E-state index contributed by atoms with van der Waals surface area (Å²) in [5.41, 5.74) is 1.66. The minimum absolute atomic E-state index is 0.0944. The molecular weight excluding hydrogens is 388 g/mol. The second kappa shape index (κ2) is 8.75. The van der Waals surface area contributed by atoms with Gasteiger partial charge in [-0.2, -0.15) is 0 Å². The van der Waals surface area contributed by atoms with Crippen molar-refractivity contribution >= 4 is 34.7 Å². The van der Waals surface area contributed by atoms with Crippen molar-refractivity contribution in [3.63, 3.8) is 0 Å². The zero-order valence-electron chi connectivity index (χ0n) is 17.3. The average molecular weight is 417 g/mol. The van der Waals surface area contributed by atoms with Crippen LogP contribution >= 0.6 is 11.8 Å². The Morgan fingerprint density at radius 2 is 2.10 bits per heavy atom. The third-order valence-corrected chi connectivity index (χ3v) is 6.83. The molecular formula is C21H28N4O3S. The van der Waals surface area contributed by atoms with Crippen molar-refractivity contribution in [2.45, 2.75) is 32.9 Å². The predicted octanol–water partition coefficient (Wildman–Crippen LogP) is 3.47. The highest BCUT2D eigenvalue weighted by Crippen LogP contribution is 2.45. The number of amides is 1. The van der Waals surface area contributed by atoms with Crippen molar-refractivity contribution in [3.05, 3.63) is 17.7 Å².